The molecule has 0 amide bonds. The van der Waals surface area contributed by atoms with E-state index in [0.717, 1.165) is 25.9 Å². The monoisotopic (exact) mass is 273 g/mol. The van der Waals surface area contributed by atoms with Crippen molar-refractivity contribution in [1.82, 2.24) is 4.98 Å². The first-order valence-corrected chi connectivity index (χ1v) is 6.67. The largest absolute Gasteiger partial charge is 0.353 e. The van der Waals surface area contributed by atoms with Crippen LogP contribution in [0.25, 0.3) is 0 Å². The van der Waals surface area contributed by atoms with Crippen molar-refractivity contribution in [1.29, 1.82) is 0 Å². The van der Waals surface area contributed by atoms with E-state index in [0.29, 0.717) is 25.0 Å². The zero-order valence-electron chi connectivity index (χ0n) is 10.2. The second-order valence-corrected chi connectivity index (χ2v) is 4.69. The average Bonchev–Trinajstić information content (AvgIpc) is 2.38. The summed E-state index contributed by atoms with van der Waals surface area (Å²) in [5.41, 5.74) is 0.465. The number of nitrogens with zero attached hydrogens (tertiary/aromatic N) is 1. The van der Waals surface area contributed by atoms with Gasteiger partial charge in [0.2, 0.25) is 0 Å². The van der Waals surface area contributed by atoms with Gasteiger partial charge in [0, 0.05) is 18.4 Å². The summed E-state index contributed by atoms with van der Waals surface area (Å²) in [6, 6.07) is 1.33. The molecule has 0 aliphatic carbocycles. The molecule has 1 aliphatic rings. The number of halogens is 2. The highest BCUT2D eigenvalue weighted by atomic mass is 35.5. The SMILES string of the molecule is Fc1ccnc(Cl)c1CCCOC1CCCCO1. The van der Waals surface area contributed by atoms with Crippen molar-refractivity contribution in [3.05, 3.63) is 28.8 Å². The number of pyridine rings is 1. The molecule has 100 valence electrons. The molecule has 1 saturated heterocycles. The number of hydrogen-bond acceptors (Lipinski definition) is 3. The van der Waals surface area contributed by atoms with E-state index in [1.54, 1.807) is 0 Å². The first-order chi connectivity index (χ1) is 8.77. The van der Waals surface area contributed by atoms with Gasteiger partial charge in [0.15, 0.2) is 6.29 Å². The van der Waals surface area contributed by atoms with Gasteiger partial charge >= 0.3 is 0 Å². The number of rotatable bonds is 5. The van der Waals surface area contributed by atoms with E-state index < -0.39 is 0 Å². The minimum Gasteiger partial charge on any atom is -0.353 e. The van der Waals surface area contributed by atoms with E-state index >= 15 is 0 Å². The zero-order valence-corrected chi connectivity index (χ0v) is 11.0. The van der Waals surface area contributed by atoms with E-state index in [2.05, 4.69) is 4.98 Å². The highest BCUT2D eigenvalue weighted by molar-refractivity contribution is 6.30. The standard InChI is InChI=1S/C13H17ClFNO2/c14-13-10(11(15)6-7-16-13)4-3-9-18-12-5-1-2-8-17-12/h6-7,12H,1-5,8-9H2. The first-order valence-electron chi connectivity index (χ1n) is 6.29. The lowest BCUT2D eigenvalue weighted by atomic mass is 10.1. The second-order valence-electron chi connectivity index (χ2n) is 4.33. The lowest BCUT2D eigenvalue weighted by Crippen LogP contribution is -2.22. The van der Waals surface area contributed by atoms with Crippen molar-refractivity contribution in [3.63, 3.8) is 0 Å². The van der Waals surface area contributed by atoms with E-state index in [4.69, 9.17) is 21.1 Å². The molecule has 1 aromatic rings. The molecule has 1 aliphatic heterocycles. The van der Waals surface area contributed by atoms with Crippen LogP contribution in [-0.4, -0.2) is 24.5 Å². The van der Waals surface area contributed by atoms with Gasteiger partial charge in [-0.2, -0.15) is 0 Å². The van der Waals surface area contributed by atoms with Crippen LogP contribution in [0.3, 0.4) is 0 Å². The van der Waals surface area contributed by atoms with Crippen LogP contribution in [0, 0.1) is 5.82 Å². The summed E-state index contributed by atoms with van der Waals surface area (Å²) in [6.07, 6.45) is 5.72. The van der Waals surface area contributed by atoms with Crippen molar-refractivity contribution in [2.45, 2.75) is 38.4 Å². The highest BCUT2D eigenvalue weighted by Gasteiger charge is 2.14. The zero-order chi connectivity index (χ0) is 12.8. The third-order valence-electron chi connectivity index (χ3n) is 2.96. The van der Waals surface area contributed by atoms with Crippen LogP contribution in [0.5, 0.6) is 0 Å². The maximum absolute atomic E-state index is 13.4. The molecule has 2 heterocycles. The van der Waals surface area contributed by atoms with E-state index in [-0.39, 0.29) is 17.3 Å². The van der Waals surface area contributed by atoms with Crippen LogP contribution >= 0.6 is 11.6 Å². The predicted molar refractivity (Wildman–Crippen MR) is 67.1 cm³/mol. The summed E-state index contributed by atoms with van der Waals surface area (Å²) >= 11 is 5.84. The topological polar surface area (TPSA) is 31.4 Å². The molecule has 18 heavy (non-hydrogen) atoms. The Morgan fingerprint density at radius 1 is 1.50 bits per heavy atom. The molecule has 0 saturated carbocycles. The molecule has 0 radical (unpaired) electrons. The molecule has 0 aromatic carbocycles. The van der Waals surface area contributed by atoms with Gasteiger partial charge in [-0.15, -0.1) is 0 Å². The van der Waals surface area contributed by atoms with E-state index in [1.165, 1.54) is 12.3 Å². The molecule has 1 fully saturated rings. The van der Waals surface area contributed by atoms with Crippen LogP contribution in [-0.2, 0) is 15.9 Å². The lowest BCUT2D eigenvalue weighted by molar-refractivity contribution is -0.162. The number of aromatic nitrogens is 1. The Kier molecular flexibility index (Phi) is 5.35. The summed E-state index contributed by atoms with van der Waals surface area (Å²) in [6.45, 7) is 1.32. The van der Waals surface area contributed by atoms with Gasteiger partial charge in [-0.3, -0.25) is 0 Å². The molecule has 0 bridgehead atoms. The third kappa shape index (κ3) is 3.90. The first kappa shape index (κ1) is 13.7. The number of hydrogen-bond donors (Lipinski definition) is 0. The summed E-state index contributed by atoms with van der Waals surface area (Å²) < 4.78 is 24.5. The Balaban J connectivity index is 1.71. The molecule has 0 N–H and O–H groups in total. The van der Waals surface area contributed by atoms with E-state index in [1.807, 2.05) is 0 Å². The Hall–Kier alpha value is -0.710. The Morgan fingerprint density at radius 3 is 3.11 bits per heavy atom. The second kappa shape index (κ2) is 7.02. The van der Waals surface area contributed by atoms with Crippen molar-refractivity contribution >= 4 is 11.6 Å². The van der Waals surface area contributed by atoms with Gasteiger partial charge in [0.05, 0.1) is 6.61 Å². The minimum atomic E-state index is -0.302. The Labute approximate surface area is 111 Å². The fraction of sp³-hybridized carbons (Fsp3) is 0.615. The van der Waals surface area contributed by atoms with E-state index in [9.17, 15) is 4.39 Å². The van der Waals surface area contributed by atoms with Gasteiger partial charge < -0.3 is 9.47 Å². The average molecular weight is 274 g/mol. The summed E-state index contributed by atoms with van der Waals surface area (Å²) in [4.78, 5) is 3.87. The van der Waals surface area contributed by atoms with Crippen LogP contribution in [0.15, 0.2) is 12.3 Å². The molecular weight excluding hydrogens is 257 g/mol. The lowest BCUT2D eigenvalue weighted by Gasteiger charge is -2.22. The van der Waals surface area contributed by atoms with Crippen LogP contribution in [0.4, 0.5) is 4.39 Å². The molecule has 1 unspecified atom stereocenters. The smallest absolute Gasteiger partial charge is 0.157 e. The Morgan fingerprint density at radius 2 is 2.39 bits per heavy atom. The predicted octanol–water partition coefficient (Wildman–Crippen LogP) is 3.35. The van der Waals surface area contributed by atoms with Crippen LogP contribution < -0.4 is 0 Å². The maximum atomic E-state index is 13.4. The molecule has 1 aromatic heterocycles. The fourth-order valence-electron chi connectivity index (χ4n) is 1.97. The molecule has 1 atom stereocenters. The highest BCUT2D eigenvalue weighted by Crippen LogP contribution is 2.18. The summed E-state index contributed by atoms with van der Waals surface area (Å²) in [7, 11) is 0. The molecule has 5 heteroatoms. The fourth-order valence-corrected chi connectivity index (χ4v) is 2.22. The molecule has 0 spiro atoms. The van der Waals surface area contributed by atoms with Crippen molar-refractivity contribution < 1.29 is 13.9 Å². The molecule has 3 nitrogen and oxygen atoms in total. The normalized spacial score (nSPS) is 20.0. The van der Waals surface area contributed by atoms with Crippen molar-refractivity contribution in [2.24, 2.45) is 0 Å². The summed E-state index contributed by atoms with van der Waals surface area (Å²) in [5.74, 6) is -0.302. The Bertz CT molecular complexity index is 363. The van der Waals surface area contributed by atoms with Crippen molar-refractivity contribution in [3.8, 4) is 0 Å². The van der Waals surface area contributed by atoms with Gasteiger partial charge in [-0.1, -0.05) is 11.6 Å². The minimum absolute atomic E-state index is 0.0898. The van der Waals surface area contributed by atoms with Gasteiger partial charge in [0.1, 0.15) is 11.0 Å². The molecule has 2 rings (SSSR count). The van der Waals surface area contributed by atoms with Crippen molar-refractivity contribution in [2.75, 3.05) is 13.2 Å². The third-order valence-corrected chi connectivity index (χ3v) is 3.28. The summed E-state index contributed by atoms with van der Waals surface area (Å²) in [5, 5.41) is 0.240. The molecular formula is C13H17ClFNO2. The quantitative estimate of drug-likeness (QED) is 0.609. The van der Waals surface area contributed by atoms with Gasteiger partial charge in [-0.25, -0.2) is 9.37 Å². The maximum Gasteiger partial charge on any atom is 0.157 e. The van der Waals surface area contributed by atoms with Crippen LogP contribution in [0.1, 0.15) is 31.2 Å². The van der Waals surface area contributed by atoms with Gasteiger partial charge in [0.25, 0.3) is 0 Å². The number of ether oxygens (including phenoxy) is 2. The van der Waals surface area contributed by atoms with Crippen LogP contribution in [0.2, 0.25) is 5.15 Å². The van der Waals surface area contributed by atoms with Gasteiger partial charge in [-0.05, 0) is 38.2 Å².